The molecule has 4 aromatic rings. The average Bonchev–Trinajstić information content (AvgIpc) is 3.04. The molecule has 15 heteroatoms. The van der Waals surface area contributed by atoms with Gasteiger partial charge in [0.15, 0.2) is 5.82 Å². The van der Waals surface area contributed by atoms with Crippen molar-refractivity contribution in [2.75, 3.05) is 24.4 Å². The quantitative estimate of drug-likeness (QED) is 0.131. The third-order valence-corrected chi connectivity index (χ3v) is 7.92. The summed E-state index contributed by atoms with van der Waals surface area (Å²) in [6.07, 6.45) is -3.35. The van der Waals surface area contributed by atoms with E-state index in [9.17, 15) is 27.9 Å². The number of rotatable bonds is 12. The SMILES string of the molecule is CCOc1cc(OCc2ccc(OC)cc2)ncc1-c1ncc(NC(=O)Nc2ccc(CC(C)(C)N(C(=O)O)C(C)(C)C)c(C(F)(F)F)c2)c(C)n1. The van der Waals surface area contributed by atoms with Gasteiger partial charge in [-0.15, -0.1) is 0 Å². The number of carbonyl (C=O) groups excluding carboxylic acids is 1. The zero-order valence-electron chi connectivity index (χ0n) is 30.3. The molecule has 0 saturated carbocycles. The van der Waals surface area contributed by atoms with Crippen molar-refractivity contribution in [1.82, 2.24) is 19.9 Å². The van der Waals surface area contributed by atoms with Gasteiger partial charge in [0.05, 0.1) is 42.4 Å². The molecule has 12 nitrogen and oxygen atoms in total. The highest BCUT2D eigenvalue weighted by Crippen LogP contribution is 2.38. The van der Waals surface area contributed by atoms with Gasteiger partial charge in [-0.05, 0) is 90.3 Å². The third kappa shape index (κ3) is 9.80. The predicted octanol–water partition coefficient (Wildman–Crippen LogP) is 8.60. The number of aryl methyl sites for hydroxylation is 1. The van der Waals surface area contributed by atoms with Gasteiger partial charge in [-0.2, -0.15) is 13.2 Å². The van der Waals surface area contributed by atoms with E-state index in [1.165, 1.54) is 24.5 Å². The van der Waals surface area contributed by atoms with Gasteiger partial charge in [0.25, 0.3) is 0 Å². The van der Waals surface area contributed by atoms with Crippen molar-refractivity contribution >= 4 is 23.5 Å². The average molecular weight is 725 g/mol. The number of anilines is 2. The Hall–Kier alpha value is -5.60. The van der Waals surface area contributed by atoms with Crippen LogP contribution in [0.4, 0.5) is 34.1 Å². The Morgan fingerprint density at radius 3 is 2.19 bits per heavy atom. The van der Waals surface area contributed by atoms with Crippen LogP contribution in [0.15, 0.2) is 60.9 Å². The van der Waals surface area contributed by atoms with Crippen LogP contribution in [0.3, 0.4) is 0 Å². The lowest BCUT2D eigenvalue weighted by Gasteiger charge is -2.45. The molecule has 0 atom stereocenters. The van der Waals surface area contributed by atoms with Crippen molar-refractivity contribution in [3.63, 3.8) is 0 Å². The molecule has 2 heterocycles. The molecule has 0 unspecified atom stereocenters. The molecular formula is C37H43F3N6O6. The normalized spacial score (nSPS) is 11.8. The van der Waals surface area contributed by atoms with E-state index >= 15 is 0 Å². The van der Waals surface area contributed by atoms with Gasteiger partial charge < -0.3 is 30.0 Å². The Morgan fingerprint density at radius 1 is 0.923 bits per heavy atom. The van der Waals surface area contributed by atoms with Crippen LogP contribution in [0.1, 0.15) is 63.9 Å². The van der Waals surface area contributed by atoms with Crippen LogP contribution >= 0.6 is 0 Å². The fourth-order valence-electron chi connectivity index (χ4n) is 5.90. The summed E-state index contributed by atoms with van der Waals surface area (Å²) >= 11 is 0. The lowest BCUT2D eigenvalue weighted by Crippen LogP contribution is -2.57. The van der Waals surface area contributed by atoms with Crippen LogP contribution in [-0.2, 0) is 19.2 Å². The first-order valence-corrected chi connectivity index (χ1v) is 16.4. The summed E-state index contributed by atoms with van der Waals surface area (Å²) in [6, 6.07) is 11.6. The maximum atomic E-state index is 14.2. The number of amides is 3. The third-order valence-electron chi connectivity index (χ3n) is 7.92. The molecule has 0 bridgehead atoms. The van der Waals surface area contributed by atoms with E-state index in [0.29, 0.717) is 29.5 Å². The van der Waals surface area contributed by atoms with Crippen LogP contribution in [0, 0.1) is 6.92 Å². The Kier molecular flexibility index (Phi) is 11.9. The minimum atomic E-state index is -4.77. The molecule has 52 heavy (non-hydrogen) atoms. The number of nitrogens with zero attached hydrogens (tertiary/aromatic N) is 4. The van der Waals surface area contributed by atoms with Crippen molar-refractivity contribution < 1.29 is 42.1 Å². The Labute approximate surface area is 300 Å². The second-order valence-corrected chi connectivity index (χ2v) is 13.5. The zero-order chi connectivity index (χ0) is 38.4. The highest BCUT2D eigenvalue weighted by atomic mass is 19.4. The summed E-state index contributed by atoms with van der Waals surface area (Å²) in [5.41, 5.74) is -1.28. The van der Waals surface area contributed by atoms with E-state index in [1.807, 2.05) is 31.2 Å². The number of benzene rings is 2. The maximum absolute atomic E-state index is 14.2. The number of urea groups is 1. The topological polar surface area (TPSA) is 148 Å². The molecule has 0 spiro atoms. The molecule has 0 aliphatic heterocycles. The molecule has 0 radical (unpaired) electrons. The number of ether oxygens (including phenoxy) is 3. The van der Waals surface area contributed by atoms with Crippen LogP contribution in [0.5, 0.6) is 17.4 Å². The first-order valence-electron chi connectivity index (χ1n) is 16.4. The number of alkyl halides is 3. The van der Waals surface area contributed by atoms with Crippen LogP contribution in [-0.4, -0.2) is 61.9 Å². The molecule has 0 fully saturated rings. The molecule has 3 amide bonds. The second-order valence-electron chi connectivity index (χ2n) is 13.5. The van der Waals surface area contributed by atoms with Gasteiger partial charge in [0, 0.05) is 29.0 Å². The molecule has 0 aliphatic carbocycles. The van der Waals surface area contributed by atoms with E-state index < -0.39 is 34.9 Å². The smallest absolute Gasteiger partial charge is 0.416 e. The van der Waals surface area contributed by atoms with Crippen molar-refractivity contribution in [2.45, 2.75) is 78.7 Å². The summed E-state index contributed by atoms with van der Waals surface area (Å²) in [6.45, 7) is 12.2. The Morgan fingerprint density at radius 2 is 1.62 bits per heavy atom. The maximum Gasteiger partial charge on any atom is 0.416 e. The molecular weight excluding hydrogens is 681 g/mol. The van der Waals surface area contributed by atoms with Crippen molar-refractivity contribution in [2.24, 2.45) is 0 Å². The first-order chi connectivity index (χ1) is 24.3. The molecule has 2 aromatic carbocycles. The number of carbonyl (C=O) groups is 2. The number of aromatic nitrogens is 3. The Balaban J connectivity index is 1.48. The van der Waals surface area contributed by atoms with Crippen molar-refractivity contribution in [1.29, 1.82) is 0 Å². The fourth-order valence-corrected chi connectivity index (χ4v) is 5.90. The number of carboxylic acid groups (broad SMARTS) is 1. The minimum absolute atomic E-state index is 0.114. The number of pyridine rings is 1. The summed E-state index contributed by atoms with van der Waals surface area (Å²) < 4.78 is 59.6. The lowest BCUT2D eigenvalue weighted by atomic mass is 9.87. The number of hydrogen-bond donors (Lipinski definition) is 3. The van der Waals surface area contributed by atoms with Crippen molar-refractivity contribution in [3.05, 3.63) is 83.3 Å². The Bertz CT molecular complexity index is 1890. The standard InChI is InChI=1S/C37H43F3N6O6/c1-9-51-30-17-31(52-21-23-10-14-26(50-8)15-11-23)41-19-27(30)32-42-20-29(22(2)43-32)45-33(47)44-25-13-12-24(28(16-25)37(38,39)40)18-36(6,7)46(34(48)49)35(3,4)5/h10-17,19-20H,9,18,21H2,1-8H3,(H,48,49)(H2,44,45,47). The van der Waals surface area contributed by atoms with E-state index in [2.05, 4.69) is 25.6 Å². The minimum Gasteiger partial charge on any atom is -0.497 e. The van der Waals surface area contributed by atoms with E-state index in [4.69, 9.17) is 14.2 Å². The highest BCUT2D eigenvalue weighted by molar-refractivity contribution is 6.00. The van der Waals surface area contributed by atoms with Gasteiger partial charge in [-0.3, -0.25) is 4.90 Å². The van der Waals surface area contributed by atoms with E-state index in [1.54, 1.807) is 54.7 Å². The molecule has 0 aliphatic rings. The van der Waals surface area contributed by atoms with Gasteiger partial charge in [0.1, 0.15) is 18.1 Å². The van der Waals surface area contributed by atoms with Crippen LogP contribution in [0.25, 0.3) is 11.4 Å². The lowest BCUT2D eigenvalue weighted by molar-refractivity contribution is -0.138. The van der Waals surface area contributed by atoms with Crippen LogP contribution in [0.2, 0.25) is 0 Å². The van der Waals surface area contributed by atoms with Gasteiger partial charge >= 0.3 is 18.3 Å². The predicted molar refractivity (Wildman–Crippen MR) is 190 cm³/mol. The number of halogens is 3. The number of methoxy groups -OCH3 is 1. The van der Waals surface area contributed by atoms with E-state index in [0.717, 1.165) is 22.3 Å². The summed E-state index contributed by atoms with van der Waals surface area (Å²) in [4.78, 5) is 39.4. The molecule has 278 valence electrons. The van der Waals surface area contributed by atoms with Gasteiger partial charge in [0.2, 0.25) is 5.88 Å². The molecule has 2 aromatic heterocycles. The van der Waals surface area contributed by atoms with Crippen LogP contribution < -0.4 is 24.8 Å². The molecule has 3 N–H and O–H groups in total. The first kappa shape index (κ1) is 39.2. The summed E-state index contributed by atoms with van der Waals surface area (Å²) in [7, 11) is 1.59. The van der Waals surface area contributed by atoms with Gasteiger partial charge in [-0.25, -0.2) is 24.5 Å². The number of hydrogen-bond acceptors (Lipinski definition) is 8. The second kappa shape index (κ2) is 15.7. The van der Waals surface area contributed by atoms with Crippen molar-refractivity contribution in [3.8, 4) is 28.8 Å². The highest BCUT2D eigenvalue weighted by Gasteiger charge is 2.41. The largest absolute Gasteiger partial charge is 0.497 e. The monoisotopic (exact) mass is 724 g/mol. The summed E-state index contributed by atoms with van der Waals surface area (Å²) in [5, 5.41) is 14.9. The molecule has 0 saturated heterocycles. The van der Waals surface area contributed by atoms with E-state index in [-0.39, 0.29) is 35.8 Å². The molecule has 4 rings (SSSR count). The van der Waals surface area contributed by atoms with Gasteiger partial charge in [-0.1, -0.05) is 18.2 Å². The summed E-state index contributed by atoms with van der Waals surface area (Å²) in [5.74, 6) is 1.76. The number of nitrogens with one attached hydrogen (secondary N) is 2. The zero-order valence-corrected chi connectivity index (χ0v) is 30.3. The fraction of sp³-hybridized carbons (Fsp3) is 0.378.